The van der Waals surface area contributed by atoms with Gasteiger partial charge >= 0.3 is 0 Å². The van der Waals surface area contributed by atoms with Crippen LogP contribution < -0.4 is 10.1 Å². The predicted octanol–water partition coefficient (Wildman–Crippen LogP) is 3.35. The number of carbonyl (C=O) groups excluding carboxylic acids is 1. The molecule has 3 heterocycles. The Balaban J connectivity index is 0.00000181. The van der Waals surface area contributed by atoms with Crippen LogP contribution >= 0.6 is 24.8 Å². The van der Waals surface area contributed by atoms with E-state index in [1.165, 1.54) is 12.0 Å². The van der Waals surface area contributed by atoms with E-state index in [0.29, 0.717) is 5.92 Å². The number of methoxy groups -OCH3 is 1. The zero-order valence-electron chi connectivity index (χ0n) is 18.9. The number of amides is 1. The Hall–Kier alpha value is -1.86. The van der Waals surface area contributed by atoms with Crippen LogP contribution in [0.4, 0.5) is 0 Å². The van der Waals surface area contributed by atoms with Crippen LogP contribution in [0.5, 0.6) is 5.75 Å². The van der Waals surface area contributed by atoms with Crippen molar-refractivity contribution >= 4 is 30.7 Å². The van der Waals surface area contributed by atoms with Gasteiger partial charge in [-0.15, -0.1) is 24.8 Å². The second-order valence-electron chi connectivity index (χ2n) is 8.42. The van der Waals surface area contributed by atoms with Crippen molar-refractivity contribution in [3.8, 4) is 5.75 Å². The van der Waals surface area contributed by atoms with Gasteiger partial charge in [-0.25, -0.2) is 0 Å². The van der Waals surface area contributed by atoms with Crippen molar-refractivity contribution in [2.75, 3.05) is 46.4 Å². The Morgan fingerprint density at radius 2 is 1.97 bits per heavy atom. The van der Waals surface area contributed by atoms with Gasteiger partial charge in [0, 0.05) is 44.5 Å². The third-order valence-electron chi connectivity index (χ3n) is 6.35. The number of piperazine rings is 1. The van der Waals surface area contributed by atoms with E-state index >= 15 is 0 Å². The second kappa shape index (κ2) is 12.4. The van der Waals surface area contributed by atoms with Gasteiger partial charge < -0.3 is 15.0 Å². The predicted molar refractivity (Wildman–Crippen MR) is 132 cm³/mol. The zero-order chi connectivity index (χ0) is 20.9. The largest absolute Gasteiger partial charge is 0.496 e. The summed E-state index contributed by atoms with van der Waals surface area (Å²) in [6.07, 6.45) is 3.98. The highest BCUT2D eigenvalue weighted by Gasteiger charge is 2.24. The Labute approximate surface area is 203 Å². The molecule has 0 spiro atoms. The van der Waals surface area contributed by atoms with Gasteiger partial charge in [0.05, 0.1) is 12.8 Å². The SMILES string of the molecule is COc1ccc(C(=O)N2CCN(Cc3ncccc3C)CC2)cc1CC1CCNC1.Cl.Cl. The van der Waals surface area contributed by atoms with Gasteiger partial charge in [0.2, 0.25) is 0 Å². The van der Waals surface area contributed by atoms with E-state index in [1.54, 1.807) is 7.11 Å². The summed E-state index contributed by atoms with van der Waals surface area (Å²) in [7, 11) is 1.70. The lowest BCUT2D eigenvalue weighted by molar-refractivity contribution is 0.0626. The molecule has 1 aromatic carbocycles. The number of rotatable bonds is 6. The lowest BCUT2D eigenvalue weighted by atomic mass is 9.96. The number of nitrogens with zero attached hydrogens (tertiary/aromatic N) is 3. The molecule has 0 saturated carbocycles. The van der Waals surface area contributed by atoms with Crippen LogP contribution in [0.15, 0.2) is 36.5 Å². The molecule has 0 aliphatic carbocycles. The van der Waals surface area contributed by atoms with Gasteiger partial charge in [-0.3, -0.25) is 14.7 Å². The summed E-state index contributed by atoms with van der Waals surface area (Å²) in [5.74, 6) is 1.62. The molecule has 1 amide bonds. The molecule has 6 nitrogen and oxygen atoms in total. The van der Waals surface area contributed by atoms with Gasteiger partial charge in [-0.2, -0.15) is 0 Å². The second-order valence-corrected chi connectivity index (χ2v) is 8.42. The molecule has 2 aromatic rings. The average molecular weight is 481 g/mol. The van der Waals surface area contributed by atoms with Crippen molar-refractivity contribution in [2.24, 2.45) is 5.92 Å². The van der Waals surface area contributed by atoms with Crippen molar-refractivity contribution in [2.45, 2.75) is 26.3 Å². The van der Waals surface area contributed by atoms with E-state index in [0.717, 1.165) is 74.8 Å². The van der Waals surface area contributed by atoms with Gasteiger partial charge in [-0.1, -0.05) is 6.07 Å². The highest BCUT2D eigenvalue weighted by molar-refractivity contribution is 5.94. The first-order valence-corrected chi connectivity index (χ1v) is 10.9. The van der Waals surface area contributed by atoms with E-state index < -0.39 is 0 Å². The summed E-state index contributed by atoms with van der Waals surface area (Å²) in [6.45, 7) is 8.31. The van der Waals surface area contributed by atoms with Crippen LogP contribution in [0.1, 0.15) is 33.6 Å². The number of carbonyl (C=O) groups is 1. The molecule has 2 aliphatic rings. The molecule has 1 N–H and O–H groups in total. The Kier molecular flexibility index (Phi) is 10.2. The van der Waals surface area contributed by atoms with Gasteiger partial charge in [0.1, 0.15) is 5.75 Å². The lowest BCUT2D eigenvalue weighted by Crippen LogP contribution is -2.48. The number of aromatic nitrogens is 1. The number of ether oxygens (including phenoxy) is 1. The van der Waals surface area contributed by atoms with Gasteiger partial charge in [0.15, 0.2) is 0 Å². The molecule has 1 aromatic heterocycles. The Morgan fingerprint density at radius 1 is 1.19 bits per heavy atom. The summed E-state index contributed by atoms with van der Waals surface area (Å²) in [5, 5.41) is 3.42. The van der Waals surface area contributed by atoms with Crippen LogP contribution in [-0.2, 0) is 13.0 Å². The molecule has 32 heavy (non-hydrogen) atoms. The summed E-state index contributed by atoms with van der Waals surface area (Å²) in [4.78, 5) is 22.0. The molecule has 1 atom stereocenters. The number of halogens is 2. The Bertz CT molecular complexity index is 882. The highest BCUT2D eigenvalue weighted by atomic mass is 35.5. The lowest BCUT2D eigenvalue weighted by Gasteiger charge is -2.35. The standard InChI is InChI=1S/C24H32N4O2.2ClH/c1-18-4-3-8-26-22(18)17-27-10-12-28(13-11-27)24(29)20-5-6-23(30-2)21(15-20)14-19-7-9-25-16-19;;/h3-6,8,15,19,25H,7,9-14,16-17H2,1-2H3;2*1H. The van der Waals surface area contributed by atoms with E-state index in [2.05, 4.69) is 28.2 Å². The quantitative estimate of drug-likeness (QED) is 0.686. The molecule has 2 fully saturated rings. The molecule has 2 saturated heterocycles. The fraction of sp³-hybridized carbons (Fsp3) is 0.500. The van der Waals surface area contributed by atoms with Crippen LogP contribution in [0.3, 0.4) is 0 Å². The van der Waals surface area contributed by atoms with Crippen molar-refractivity contribution in [1.82, 2.24) is 20.1 Å². The van der Waals surface area contributed by atoms with Crippen LogP contribution in [-0.4, -0.2) is 67.1 Å². The normalized spacial score (nSPS) is 18.6. The number of aryl methyl sites for hydroxylation is 1. The molecule has 0 bridgehead atoms. The first kappa shape index (κ1) is 26.4. The molecule has 4 rings (SSSR count). The first-order valence-electron chi connectivity index (χ1n) is 10.9. The van der Waals surface area contributed by atoms with Gasteiger partial charge in [0.25, 0.3) is 5.91 Å². The summed E-state index contributed by atoms with van der Waals surface area (Å²) in [5.41, 5.74) is 4.25. The molecule has 176 valence electrons. The highest BCUT2D eigenvalue weighted by Crippen LogP contribution is 2.26. The maximum absolute atomic E-state index is 13.1. The minimum absolute atomic E-state index is 0. The first-order chi connectivity index (χ1) is 14.6. The van der Waals surface area contributed by atoms with Crippen molar-refractivity contribution in [3.63, 3.8) is 0 Å². The maximum Gasteiger partial charge on any atom is 0.253 e. The number of pyridine rings is 1. The number of hydrogen-bond donors (Lipinski definition) is 1. The minimum atomic E-state index is 0. The van der Waals surface area contributed by atoms with E-state index in [9.17, 15) is 4.79 Å². The van der Waals surface area contributed by atoms with Gasteiger partial charge in [-0.05, 0) is 74.2 Å². The van der Waals surface area contributed by atoms with E-state index in [-0.39, 0.29) is 30.7 Å². The Morgan fingerprint density at radius 3 is 2.62 bits per heavy atom. The third-order valence-corrected chi connectivity index (χ3v) is 6.35. The monoisotopic (exact) mass is 480 g/mol. The summed E-state index contributed by atoms with van der Waals surface area (Å²) < 4.78 is 5.56. The number of nitrogens with one attached hydrogen (secondary N) is 1. The van der Waals surface area contributed by atoms with Crippen LogP contribution in [0.25, 0.3) is 0 Å². The number of benzene rings is 1. The smallest absolute Gasteiger partial charge is 0.253 e. The van der Waals surface area contributed by atoms with Crippen molar-refractivity contribution < 1.29 is 9.53 Å². The number of hydrogen-bond acceptors (Lipinski definition) is 5. The molecule has 0 radical (unpaired) electrons. The fourth-order valence-corrected chi connectivity index (χ4v) is 4.46. The molecule has 8 heteroatoms. The van der Waals surface area contributed by atoms with E-state index in [1.807, 2.05) is 35.4 Å². The van der Waals surface area contributed by atoms with Crippen molar-refractivity contribution in [3.05, 3.63) is 58.9 Å². The molecule has 2 aliphatic heterocycles. The average Bonchev–Trinajstić information content (AvgIpc) is 3.28. The molecule has 1 unspecified atom stereocenters. The van der Waals surface area contributed by atoms with Crippen LogP contribution in [0, 0.1) is 12.8 Å². The minimum Gasteiger partial charge on any atom is -0.496 e. The zero-order valence-corrected chi connectivity index (χ0v) is 20.5. The third kappa shape index (κ3) is 6.35. The molecular weight excluding hydrogens is 447 g/mol. The topological polar surface area (TPSA) is 57.7 Å². The van der Waals surface area contributed by atoms with Crippen molar-refractivity contribution in [1.29, 1.82) is 0 Å². The fourth-order valence-electron chi connectivity index (χ4n) is 4.46. The van der Waals surface area contributed by atoms with E-state index in [4.69, 9.17) is 4.74 Å². The maximum atomic E-state index is 13.1. The summed E-state index contributed by atoms with van der Waals surface area (Å²) in [6, 6.07) is 9.97. The summed E-state index contributed by atoms with van der Waals surface area (Å²) >= 11 is 0. The van der Waals surface area contributed by atoms with Crippen LogP contribution in [0.2, 0.25) is 0 Å². The molecular formula is C24H34Cl2N4O2.